The number of rotatable bonds is 2. The van der Waals surface area contributed by atoms with Crippen LogP contribution in [0.15, 0.2) is 36.8 Å². The van der Waals surface area contributed by atoms with E-state index < -0.39 is 0 Å². The van der Waals surface area contributed by atoms with Crippen molar-refractivity contribution < 1.29 is 0 Å². The average Bonchev–Trinajstić information content (AvgIpc) is 2.76. The van der Waals surface area contributed by atoms with Crippen LogP contribution in [0.1, 0.15) is 22.7 Å². The minimum atomic E-state index is 0.549. The van der Waals surface area contributed by atoms with E-state index in [1.54, 1.807) is 0 Å². The largest absolute Gasteiger partial charge is 0.334 e. The highest BCUT2D eigenvalue weighted by atomic mass is 15.0. The van der Waals surface area contributed by atoms with E-state index in [0.717, 1.165) is 19.6 Å². The quantitative estimate of drug-likeness (QED) is 0.851. The number of imidazole rings is 1. The zero-order valence-electron chi connectivity index (χ0n) is 10.1. The molecule has 0 fully saturated rings. The summed E-state index contributed by atoms with van der Waals surface area (Å²) in [5.74, 6) is 0.549. The summed E-state index contributed by atoms with van der Waals surface area (Å²) in [5, 5.41) is 3.49. The Morgan fingerprint density at radius 1 is 1.41 bits per heavy atom. The van der Waals surface area contributed by atoms with Crippen molar-refractivity contribution in [2.45, 2.75) is 25.9 Å². The standard InChI is InChI=1S/C14H17N3/c1-11-6-16-10-17(11)9-13-8-15-7-12-4-2-3-5-14(12)13/h2-6,10,13,15H,7-9H2,1H3. The molecular formula is C14H17N3. The number of nitrogens with zero attached hydrogens (tertiary/aromatic N) is 2. The first-order valence-corrected chi connectivity index (χ1v) is 6.10. The molecule has 88 valence electrons. The fraction of sp³-hybridized carbons (Fsp3) is 0.357. The van der Waals surface area contributed by atoms with Crippen LogP contribution >= 0.6 is 0 Å². The predicted octanol–water partition coefficient (Wildman–Crippen LogP) is 2.08. The van der Waals surface area contributed by atoms with Gasteiger partial charge < -0.3 is 9.88 Å². The van der Waals surface area contributed by atoms with Crippen LogP contribution in [0.4, 0.5) is 0 Å². The van der Waals surface area contributed by atoms with Gasteiger partial charge in [-0.1, -0.05) is 24.3 Å². The van der Waals surface area contributed by atoms with Gasteiger partial charge in [0.05, 0.1) is 6.33 Å². The monoisotopic (exact) mass is 227 g/mol. The highest BCUT2D eigenvalue weighted by Crippen LogP contribution is 2.25. The lowest BCUT2D eigenvalue weighted by molar-refractivity contribution is 0.477. The highest BCUT2D eigenvalue weighted by Gasteiger charge is 2.19. The lowest BCUT2D eigenvalue weighted by Gasteiger charge is -2.27. The second kappa shape index (κ2) is 4.34. The molecule has 0 saturated heterocycles. The van der Waals surface area contributed by atoms with E-state index in [1.165, 1.54) is 16.8 Å². The first-order valence-electron chi connectivity index (χ1n) is 6.10. The van der Waals surface area contributed by atoms with Gasteiger partial charge in [0.2, 0.25) is 0 Å². The highest BCUT2D eigenvalue weighted by molar-refractivity contribution is 5.32. The van der Waals surface area contributed by atoms with Crippen molar-refractivity contribution in [2.75, 3.05) is 6.54 Å². The number of aromatic nitrogens is 2. The van der Waals surface area contributed by atoms with Crippen LogP contribution in [0.25, 0.3) is 0 Å². The molecule has 2 heterocycles. The number of hydrogen-bond donors (Lipinski definition) is 1. The van der Waals surface area contributed by atoms with E-state index in [4.69, 9.17) is 0 Å². The Kier molecular flexibility index (Phi) is 2.69. The Morgan fingerprint density at radius 3 is 3.12 bits per heavy atom. The molecule has 0 saturated carbocycles. The van der Waals surface area contributed by atoms with Crippen LogP contribution in [-0.4, -0.2) is 16.1 Å². The van der Waals surface area contributed by atoms with Crippen molar-refractivity contribution >= 4 is 0 Å². The fourth-order valence-corrected chi connectivity index (χ4v) is 2.56. The van der Waals surface area contributed by atoms with Gasteiger partial charge in [-0.25, -0.2) is 4.98 Å². The number of benzene rings is 1. The molecule has 1 aromatic carbocycles. The van der Waals surface area contributed by atoms with E-state index in [-0.39, 0.29) is 0 Å². The molecular weight excluding hydrogens is 210 g/mol. The maximum Gasteiger partial charge on any atom is 0.0948 e. The van der Waals surface area contributed by atoms with Crippen molar-refractivity contribution in [3.05, 3.63) is 53.6 Å². The fourth-order valence-electron chi connectivity index (χ4n) is 2.56. The normalized spacial score (nSPS) is 19.0. The summed E-state index contributed by atoms with van der Waals surface area (Å²) in [4.78, 5) is 4.19. The molecule has 0 aliphatic carbocycles. The second-order valence-corrected chi connectivity index (χ2v) is 4.71. The molecule has 0 amide bonds. The molecule has 1 atom stereocenters. The van der Waals surface area contributed by atoms with Gasteiger partial charge >= 0.3 is 0 Å². The van der Waals surface area contributed by atoms with Crippen LogP contribution in [-0.2, 0) is 13.1 Å². The van der Waals surface area contributed by atoms with Crippen LogP contribution in [0.5, 0.6) is 0 Å². The third-order valence-electron chi connectivity index (χ3n) is 3.54. The van der Waals surface area contributed by atoms with Crippen LogP contribution in [0, 0.1) is 6.92 Å². The Labute approximate surface area is 101 Å². The Bertz CT molecular complexity index is 516. The predicted molar refractivity (Wildman–Crippen MR) is 67.9 cm³/mol. The lowest BCUT2D eigenvalue weighted by atomic mass is 9.91. The maximum atomic E-state index is 4.19. The summed E-state index contributed by atoms with van der Waals surface area (Å²) in [6.45, 7) is 5.16. The van der Waals surface area contributed by atoms with Crippen molar-refractivity contribution in [1.82, 2.24) is 14.9 Å². The smallest absolute Gasteiger partial charge is 0.0948 e. The third-order valence-corrected chi connectivity index (χ3v) is 3.54. The van der Waals surface area contributed by atoms with Crippen LogP contribution < -0.4 is 5.32 Å². The number of fused-ring (bicyclic) bond motifs is 1. The minimum absolute atomic E-state index is 0.549. The first kappa shape index (κ1) is 10.5. The summed E-state index contributed by atoms with van der Waals surface area (Å²) in [7, 11) is 0. The van der Waals surface area contributed by atoms with Gasteiger partial charge in [-0.2, -0.15) is 0 Å². The molecule has 0 radical (unpaired) electrons. The molecule has 2 aromatic rings. The molecule has 3 nitrogen and oxygen atoms in total. The molecule has 17 heavy (non-hydrogen) atoms. The molecule has 1 unspecified atom stereocenters. The molecule has 3 heteroatoms. The second-order valence-electron chi connectivity index (χ2n) is 4.71. The van der Waals surface area contributed by atoms with Gasteiger partial charge in [0.1, 0.15) is 0 Å². The van der Waals surface area contributed by atoms with E-state index in [2.05, 4.69) is 46.1 Å². The third kappa shape index (κ3) is 1.98. The molecule has 0 spiro atoms. The summed E-state index contributed by atoms with van der Waals surface area (Å²) in [6, 6.07) is 8.73. The first-order chi connectivity index (χ1) is 8.34. The van der Waals surface area contributed by atoms with Crippen molar-refractivity contribution in [1.29, 1.82) is 0 Å². The Morgan fingerprint density at radius 2 is 2.29 bits per heavy atom. The molecule has 1 aliphatic heterocycles. The molecule has 1 aromatic heterocycles. The van der Waals surface area contributed by atoms with Crippen molar-refractivity contribution in [3.63, 3.8) is 0 Å². The molecule has 1 aliphatic rings. The minimum Gasteiger partial charge on any atom is -0.334 e. The topological polar surface area (TPSA) is 29.9 Å². The van der Waals surface area contributed by atoms with Crippen LogP contribution in [0.3, 0.4) is 0 Å². The van der Waals surface area contributed by atoms with Gasteiger partial charge in [-0.3, -0.25) is 0 Å². The summed E-state index contributed by atoms with van der Waals surface area (Å²) in [5.41, 5.74) is 4.15. The van der Waals surface area contributed by atoms with E-state index >= 15 is 0 Å². The number of nitrogens with one attached hydrogen (secondary N) is 1. The van der Waals surface area contributed by atoms with Gasteiger partial charge in [-0.15, -0.1) is 0 Å². The zero-order valence-corrected chi connectivity index (χ0v) is 10.1. The number of aryl methyl sites for hydroxylation is 1. The van der Waals surface area contributed by atoms with Gasteiger partial charge in [-0.05, 0) is 18.1 Å². The Hall–Kier alpha value is -1.61. The summed E-state index contributed by atoms with van der Waals surface area (Å²) < 4.78 is 2.23. The molecule has 0 bridgehead atoms. The van der Waals surface area contributed by atoms with E-state index in [0.29, 0.717) is 5.92 Å². The zero-order chi connectivity index (χ0) is 11.7. The number of hydrogen-bond acceptors (Lipinski definition) is 2. The lowest BCUT2D eigenvalue weighted by Crippen LogP contribution is -2.30. The molecule has 1 N–H and O–H groups in total. The van der Waals surface area contributed by atoms with Crippen LogP contribution in [0.2, 0.25) is 0 Å². The van der Waals surface area contributed by atoms with E-state index in [1.807, 2.05) is 12.5 Å². The SMILES string of the molecule is Cc1cncn1CC1CNCc2ccccc21. The summed E-state index contributed by atoms with van der Waals surface area (Å²) >= 11 is 0. The maximum absolute atomic E-state index is 4.19. The van der Waals surface area contributed by atoms with Gasteiger partial charge in [0, 0.05) is 37.4 Å². The van der Waals surface area contributed by atoms with E-state index in [9.17, 15) is 0 Å². The Balaban J connectivity index is 1.88. The van der Waals surface area contributed by atoms with Crippen molar-refractivity contribution in [2.24, 2.45) is 0 Å². The van der Waals surface area contributed by atoms with Gasteiger partial charge in [0.15, 0.2) is 0 Å². The van der Waals surface area contributed by atoms with Crippen molar-refractivity contribution in [3.8, 4) is 0 Å². The van der Waals surface area contributed by atoms with Gasteiger partial charge in [0.25, 0.3) is 0 Å². The molecule has 3 rings (SSSR count). The average molecular weight is 227 g/mol. The summed E-state index contributed by atoms with van der Waals surface area (Å²) in [6.07, 6.45) is 3.84.